The molecular weight excluding hydrogens is 745 g/mol. The minimum atomic E-state index is -5.08. The average Bonchev–Trinajstić information content (AvgIpc) is 3.64. The number of halogens is 6. The van der Waals surface area contributed by atoms with Gasteiger partial charge in [0.15, 0.2) is 6.04 Å². The van der Waals surface area contributed by atoms with E-state index in [1.807, 2.05) is 6.07 Å². The number of aliphatic carboxylic acids is 1. The molecule has 1 saturated carbocycles. The minimum absolute atomic E-state index is 0.151. The summed E-state index contributed by atoms with van der Waals surface area (Å²) in [6.07, 6.45) is 0.226. The highest BCUT2D eigenvalue weighted by Gasteiger charge is 2.50. The molecule has 16 heteroatoms. The molecule has 4 aromatic carbocycles. The van der Waals surface area contributed by atoms with Gasteiger partial charge in [-0.05, 0) is 96.8 Å². The van der Waals surface area contributed by atoms with E-state index in [0.29, 0.717) is 34.6 Å². The van der Waals surface area contributed by atoms with Crippen LogP contribution in [0.25, 0.3) is 21.9 Å². The number of amides is 1. The number of nitrogens with two attached hydrogens (primary N) is 1. The number of hydrogen-bond donors (Lipinski definition) is 3. The Balaban J connectivity index is 0.000000705. The second kappa shape index (κ2) is 16.4. The van der Waals surface area contributed by atoms with Crippen molar-refractivity contribution in [2.75, 3.05) is 13.1 Å². The van der Waals surface area contributed by atoms with Gasteiger partial charge in [-0.3, -0.25) is 4.79 Å². The van der Waals surface area contributed by atoms with Gasteiger partial charge in [-0.1, -0.05) is 60.1 Å². The summed E-state index contributed by atoms with van der Waals surface area (Å²) < 4.78 is 100. The number of ether oxygens (including phenoxy) is 1. The second-order valence-corrected chi connectivity index (χ2v) is 15.1. The first kappa shape index (κ1) is 39.9. The maximum Gasteiger partial charge on any atom is 0.490 e. The van der Waals surface area contributed by atoms with Gasteiger partial charge < -0.3 is 20.5 Å². The van der Waals surface area contributed by atoms with Gasteiger partial charge in [-0.15, -0.1) is 0 Å². The third-order valence-electron chi connectivity index (χ3n) is 9.12. The maximum atomic E-state index is 16.4. The quantitative estimate of drug-likeness (QED) is 0.150. The normalized spacial score (nSPS) is 16.5. The Bertz CT molecular complexity index is 2020. The summed E-state index contributed by atoms with van der Waals surface area (Å²) >= 11 is 5.98. The summed E-state index contributed by atoms with van der Waals surface area (Å²) in [5.74, 6) is -6.95. The van der Waals surface area contributed by atoms with Crippen LogP contribution in [0.1, 0.15) is 44.1 Å². The number of sulfonamides is 1. The molecule has 284 valence electrons. The SMILES string of the molecule is NC1CCN(C(=O)[C@@H](NS(=O)(=O)c2ccc3cc(OC4CCCC4)ccc3c2)C(F)(F)c2ccc(-c3ccc(Cl)cc3)cc2)CC1.O=C(O)C(F)(F)F. The highest BCUT2D eigenvalue weighted by atomic mass is 35.5. The van der Waals surface area contributed by atoms with Crippen molar-refractivity contribution in [2.24, 2.45) is 5.73 Å². The van der Waals surface area contributed by atoms with E-state index in [1.165, 1.54) is 41.3 Å². The van der Waals surface area contributed by atoms with Crippen LogP contribution in [0.3, 0.4) is 0 Å². The summed E-state index contributed by atoms with van der Waals surface area (Å²) in [5.41, 5.74) is 6.92. The third-order valence-corrected chi connectivity index (χ3v) is 10.8. The summed E-state index contributed by atoms with van der Waals surface area (Å²) in [7, 11) is -4.57. The zero-order valence-corrected chi connectivity index (χ0v) is 29.7. The van der Waals surface area contributed by atoms with Crippen molar-refractivity contribution in [2.45, 2.75) is 73.7 Å². The molecule has 0 radical (unpaired) electrons. The lowest BCUT2D eigenvalue weighted by atomic mass is 9.96. The van der Waals surface area contributed by atoms with Crippen LogP contribution in [0, 0.1) is 0 Å². The lowest BCUT2D eigenvalue weighted by Gasteiger charge is -2.35. The number of carbonyl (C=O) groups is 2. The maximum absolute atomic E-state index is 16.4. The number of likely N-dealkylation sites (tertiary alicyclic amines) is 1. The molecule has 0 bridgehead atoms. The summed E-state index contributed by atoms with van der Waals surface area (Å²) in [4.78, 5) is 23.6. The standard InChI is InChI=1S/C35H36ClF2N3O4S.C2HF3O2/c36-28-13-7-24(8-14-28)23-5-11-27(12-6-23)35(37,38)33(34(42)41-19-17-29(39)18-20-41)40-46(43,44)32-16-10-25-21-31(15-9-26(25)22-32)45-30-3-1-2-4-30;3-2(4,5)1(6)7/h5-16,21-22,29-30,33,40H,1-4,17-20,39H2;(H,6,7)/t33-;/m1./s1. The molecule has 53 heavy (non-hydrogen) atoms. The first-order valence-corrected chi connectivity index (χ1v) is 18.6. The number of fused-ring (bicyclic) bond motifs is 1. The van der Waals surface area contributed by atoms with Gasteiger partial charge in [0.25, 0.3) is 5.92 Å². The van der Waals surface area contributed by atoms with Crippen molar-refractivity contribution in [1.82, 2.24) is 9.62 Å². The number of carbonyl (C=O) groups excluding carboxylic acids is 1. The molecule has 1 aliphatic carbocycles. The predicted octanol–water partition coefficient (Wildman–Crippen LogP) is 7.50. The van der Waals surface area contributed by atoms with Crippen molar-refractivity contribution in [1.29, 1.82) is 0 Å². The number of rotatable bonds is 9. The average molecular weight is 782 g/mol. The molecule has 6 rings (SSSR count). The van der Waals surface area contributed by atoms with Gasteiger partial charge in [0.1, 0.15) is 5.75 Å². The molecule has 2 aliphatic rings. The number of carboxylic acids is 1. The fourth-order valence-electron chi connectivity index (χ4n) is 6.14. The van der Waals surface area contributed by atoms with Gasteiger partial charge in [0.2, 0.25) is 15.9 Å². The van der Waals surface area contributed by atoms with Crippen LogP contribution in [0.5, 0.6) is 5.75 Å². The van der Waals surface area contributed by atoms with Crippen LogP contribution in [0.2, 0.25) is 5.02 Å². The van der Waals surface area contributed by atoms with Crippen molar-refractivity contribution in [3.63, 3.8) is 0 Å². The molecular formula is C37H37ClF5N3O6S. The highest BCUT2D eigenvalue weighted by Crippen LogP contribution is 2.36. The molecule has 0 unspecified atom stereocenters. The topological polar surface area (TPSA) is 139 Å². The first-order chi connectivity index (χ1) is 24.9. The van der Waals surface area contributed by atoms with Gasteiger partial charge >= 0.3 is 12.1 Å². The molecule has 1 saturated heterocycles. The molecule has 1 amide bonds. The number of alkyl halides is 5. The molecule has 9 nitrogen and oxygen atoms in total. The molecule has 1 heterocycles. The Morgan fingerprint density at radius 2 is 1.36 bits per heavy atom. The van der Waals surface area contributed by atoms with Gasteiger partial charge in [0.05, 0.1) is 11.0 Å². The lowest BCUT2D eigenvalue weighted by molar-refractivity contribution is -0.192. The van der Waals surface area contributed by atoms with Gasteiger partial charge in [0, 0.05) is 29.7 Å². The number of nitrogens with zero attached hydrogens (tertiary/aromatic N) is 1. The smallest absolute Gasteiger partial charge is 0.490 e. The third kappa shape index (κ3) is 10.0. The van der Waals surface area contributed by atoms with Crippen molar-refractivity contribution < 1.29 is 49.8 Å². The summed E-state index contributed by atoms with van der Waals surface area (Å²) in [5, 5.41) is 9.01. The van der Waals surface area contributed by atoms with E-state index >= 15 is 8.78 Å². The van der Waals surface area contributed by atoms with Crippen LogP contribution in [0.15, 0.2) is 89.8 Å². The van der Waals surface area contributed by atoms with E-state index in [9.17, 15) is 26.4 Å². The van der Waals surface area contributed by atoms with E-state index in [1.54, 1.807) is 42.5 Å². The zero-order chi connectivity index (χ0) is 38.6. The van der Waals surface area contributed by atoms with E-state index in [-0.39, 0.29) is 30.1 Å². The predicted molar refractivity (Wildman–Crippen MR) is 189 cm³/mol. The molecule has 4 aromatic rings. The fraction of sp³-hybridized carbons (Fsp3) is 0.351. The second-order valence-electron chi connectivity index (χ2n) is 12.9. The minimum Gasteiger partial charge on any atom is -0.490 e. The number of piperidine rings is 1. The molecule has 4 N–H and O–H groups in total. The summed E-state index contributed by atoms with van der Waals surface area (Å²) in [6, 6.07) is 19.6. The van der Waals surface area contributed by atoms with E-state index in [2.05, 4.69) is 4.72 Å². The zero-order valence-electron chi connectivity index (χ0n) is 28.2. The Morgan fingerprint density at radius 3 is 1.92 bits per heavy atom. The van der Waals surface area contributed by atoms with Crippen LogP contribution in [0.4, 0.5) is 22.0 Å². The molecule has 0 aromatic heterocycles. The summed E-state index contributed by atoms with van der Waals surface area (Å²) in [6.45, 7) is 0.316. The largest absolute Gasteiger partial charge is 0.490 e. The van der Waals surface area contributed by atoms with E-state index in [0.717, 1.165) is 36.6 Å². The molecule has 2 fully saturated rings. The van der Waals surface area contributed by atoms with Crippen LogP contribution in [-0.4, -0.2) is 67.8 Å². The molecule has 0 spiro atoms. The Kier molecular flexibility index (Phi) is 12.3. The van der Waals surface area contributed by atoms with Crippen molar-refractivity contribution in [3.05, 3.63) is 95.5 Å². The van der Waals surface area contributed by atoms with Crippen LogP contribution >= 0.6 is 11.6 Å². The van der Waals surface area contributed by atoms with Crippen molar-refractivity contribution in [3.8, 4) is 16.9 Å². The Morgan fingerprint density at radius 1 is 0.830 bits per heavy atom. The first-order valence-electron chi connectivity index (χ1n) is 16.8. The van der Waals surface area contributed by atoms with Crippen LogP contribution in [-0.2, 0) is 25.5 Å². The number of benzene rings is 4. The lowest BCUT2D eigenvalue weighted by Crippen LogP contribution is -2.57. The van der Waals surface area contributed by atoms with Gasteiger partial charge in [-0.2, -0.15) is 26.7 Å². The number of carboxylic acid groups (broad SMARTS) is 1. The fourth-order valence-corrected chi connectivity index (χ4v) is 7.49. The van der Waals surface area contributed by atoms with E-state index < -0.39 is 45.6 Å². The molecule has 1 atom stereocenters. The van der Waals surface area contributed by atoms with Crippen molar-refractivity contribution >= 4 is 44.3 Å². The monoisotopic (exact) mass is 781 g/mol. The Labute approximate surface area is 307 Å². The van der Waals surface area contributed by atoms with Crippen LogP contribution < -0.4 is 15.2 Å². The van der Waals surface area contributed by atoms with Gasteiger partial charge in [-0.25, -0.2) is 13.2 Å². The molecule has 1 aliphatic heterocycles. The number of hydrogen-bond acceptors (Lipinski definition) is 6. The number of nitrogens with one attached hydrogen (secondary N) is 1. The Hall–Kier alpha value is -4.31. The van der Waals surface area contributed by atoms with E-state index in [4.69, 9.17) is 32.0 Å². The highest BCUT2D eigenvalue weighted by molar-refractivity contribution is 7.89.